The van der Waals surface area contributed by atoms with Crippen LogP contribution in [-0.4, -0.2) is 23.4 Å². The fraction of sp³-hybridized carbons (Fsp3) is 0.278. The van der Waals surface area contributed by atoms with Crippen LogP contribution >= 0.6 is 23.2 Å². The number of rotatable bonds is 3. The number of nitrogens with zero attached hydrogens (tertiary/aromatic N) is 1. The van der Waals surface area contributed by atoms with Crippen molar-refractivity contribution in [1.29, 1.82) is 0 Å². The molecule has 3 nitrogen and oxygen atoms in total. The Hall–Kier alpha value is -1.55. The lowest BCUT2D eigenvalue weighted by atomic mass is 9.99. The molecular weight excluding hydrogens is 331 g/mol. The summed E-state index contributed by atoms with van der Waals surface area (Å²) in [4.78, 5) is 14.7. The van der Waals surface area contributed by atoms with Crippen molar-refractivity contribution >= 4 is 34.8 Å². The van der Waals surface area contributed by atoms with Gasteiger partial charge in [0.05, 0.1) is 16.8 Å². The van der Waals surface area contributed by atoms with E-state index in [1.807, 2.05) is 13.0 Å². The van der Waals surface area contributed by atoms with Crippen LogP contribution in [0.5, 0.6) is 0 Å². The highest BCUT2D eigenvalue weighted by Crippen LogP contribution is 2.26. The molecule has 0 saturated carbocycles. The van der Waals surface area contributed by atoms with Crippen molar-refractivity contribution in [3.8, 4) is 0 Å². The van der Waals surface area contributed by atoms with Gasteiger partial charge < -0.3 is 5.32 Å². The van der Waals surface area contributed by atoms with Crippen molar-refractivity contribution in [3.05, 3.63) is 63.6 Å². The Labute approximate surface area is 146 Å². The lowest BCUT2D eigenvalue weighted by Gasteiger charge is -2.32. The highest BCUT2D eigenvalue weighted by molar-refractivity contribution is 6.36. The zero-order valence-corrected chi connectivity index (χ0v) is 14.4. The normalized spacial score (nSPS) is 15.8. The van der Waals surface area contributed by atoms with Crippen molar-refractivity contribution in [2.45, 2.75) is 25.9 Å². The molecule has 0 fully saturated rings. The molecule has 0 bridgehead atoms. The molecule has 23 heavy (non-hydrogen) atoms. The summed E-state index contributed by atoms with van der Waals surface area (Å²) in [6, 6.07) is 13.2. The predicted octanol–water partition coefficient (Wildman–Crippen LogP) is 4.38. The molecule has 2 aromatic rings. The van der Waals surface area contributed by atoms with Crippen molar-refractivity contribution < 1.29 is 4.79 Å². The van der Waals surface area contributed by atoms with Gasteiger partial charge in [-0.1, -0.05) is 47.5 Å². The molecule has 0 radical (unpaired) electrons. The Balaban J connectivity index is 1.68. The second kappa shape index (κ2) is 6.91. The van der Waals surface area contributed by atoms with E-state index >= 15 is 0 Å². The molecule has 1 heterocycles. The number of halogens is 2. The molecule has 0 aliphatic carbocycles. The van der Waals surface area contributed by atoms with Crippen LogP contribution in [0.1, 0.15) is 18.1 Å². The first-order chi connectivity index (χ1) is 11.0. The lowest BCUT2D eigenvalue weighted by Crippen LogP contribution is -2.44. The Morgan fingerprint density at radius 1 is 1.17 bits per heavy atom. The number of anilines is 1. The third-order valence-electron chi connectivity index (χ3n) is 4.28. The number of carbonyl (C=O) groups is 1. The van der Waals surface area contributed by atoms with E-state index in [2.05, 4.69) is 28.4 Å². The van der Waals surface area contributed by atoms with Crippen LogP contribution in [0, 0.1) is 0 Å². The summed E-state index contributed by atoms with van der Waals surface area (Å²) >= 11 is 12.0. The number of carbonyl (C=O) groups excluding carboxylic acids is 1. The van der Waals surface area contributed by atoms with Gasteiger partial charge in [-0.05, 0) is 42.7 Å². The first-order valence-corrected chi connectivity index (χ1v) is 8.37. The summed E-state index contributed by atoms with van der Waals surface area (Å²) < 4.78 is 0. The van der Waals surface area contributed by atoms with E-state index in [-0.39, 0.29) is 11.9 Å². The SMILES string of the molecule is CC(C(=O)Nc1ccc(Cl)cc1Cl)N1CCc2ccccc2C1. The number of benzene rings is 2. The van der Waals surface area contributed by atoms with Gasteiger partial charge in [0, 0.05) is 18.1 Å². The highest BCUT2D eigenvalue weighted by atomic mass is 35.5. The molecule has 0 spiro atoms. The molecule has 0 saturated heterocycles. The number of nitrogens with one attached hydrogen (secondary N) is 1. The van der Waals surface area contributed by atoms with Gasteiger partial charge >= 0.3 is 0 Å². The minimum absolute atomic E-state index is 0.0615. The molecule has 0 aromatic heterocycles. The monoisotopic (exact) mass is 348 g/mol. The van der Waals surface area contributed by atoms with Crippen molar-refractivity contribution in [1.82, 2.24) is 4.90 Å². The Kier molecular flexibility index (Phi) is 4.90. The summed E-state index contributed by atoms with van der Waals surface area (Å²) in [6.45, 7) is 3.59. The fourth-order valence-electron chi connectivity index (χ4n) is 2.84. The first-order valence-electron chi connectivity index (χ1n) is 7.61. The topological polar surface area (TPSA) is 32.3 Å². The zero-order valence-electron chi connectivity index (χ0n) is 12.9. The minimum Gasteiger partial charge on any atom is -0.323 e. The summed E-state index contributed by atoms with van der Waals surface area (Å²) in [5.41, 5.74) is 3.25. The molecule has 1 aliphatic rings. The molecule has 3 rings (SSSR count). The zero-order chi connectivity index (χ0) is 16.4. The second-order valence-corrected chi connectivity index (χ2v) is 6.62. The summed E-state index contributed by atoms with van der Waals surface area (Å²) in [7, 11) is 0. The van der Waals surface area contributed by atoms with Crippen LogP contribution in [0.3, 0.4) is 0 Å². The quantitative estimate of drug-likeness (QED) is 0.892. The largest absolute Gasteiger partial charge is 0.323 e. The smallest absolute Gasteiger partial charge is 0.241 e. The maximum absolute atomic E-state index is 12.5. The second-order valence-electron chi connectivity index (χ2n) is 5.78. The summed E-state index contributed by atoms with van der Waals surface area (Å²) in [5, 5.41) is 3.88. The van der Waals surface area contributed by atoms with Gasteiger partial charge in [0.15, 0.2) is 0 Å². The molecular formula is C18H18Cl2N2O. The number of amides is 1. The Bertz CT molecular complexity index is 733. The fourth-order valence-corrected chi connectivity index (χ4v) is 3.30. The summed E-state index contributed by atoms with van der Waals surface area (Å²) in [5.74, 6) is -0.0615. The van der Waals surface area contributed by atoms with E-state index in [0.29, 0.717) is 15.7 Å². The van der Waals surface area contributed by atoms with Crippen LogP contribution in [0.25, 0.3) is 0 Å². The molecule has 1 atom stereocenters. The van der Waals surface area contributed by atoms with Crippen molar-refractivity contribution in [2.24, 2.45) is 0 Å². The molecule has 1 N–H and O–H groups in total. The molecule has 2 aromatic carbocycles. The van der Waals surface area contributed by atoms with Crippen LogP contribution in [0.2, 0.25) is 10.0 Å². The van der Waals surface area contributed by atoms with Gasteiger partial charge in [-0.2, -0.15) is 0 Å². The van der Waals surface area contributed by atoms with Crippen LogP contribution in [-0.2, 0) is 17.8 Å². The van der Waals surface area contributed by atoms with E-state index in [0.717, 1.165) is 19.5 Å². The van der Waals surface area contributed by atoms with Gasteiger partial charge in [-0.3, -0.25) is 9.69 Å². The third kappa shape index (κ3) is 3.69. The van der Waals surface area contributed by atoms with E-state index < -0.39 is 0 Å². The van der Waals surface area contributed by atoms with E-state index in [1.54, 1.807) is 18.2 Å². The van der Waals surface area contributed by atoms with Crippen LogP contribution < -0.4 is 5.32 Å². The van der Waals surface area contributed by atoms with Gasteiger partial charge in [-0.25, -0.2) is 0 Å². The summed E-state index contributed by atoms with van der Waals surface area (Å²) in [6.07, 6.45) is 0.968. The highest BCUT2D eigenvalue weighted by Gasteiger charge is 2.25. The van der Waals surface area contributed by atoms with Gasteiger partial charge in [0.1, 0.15) is 0 Å². The van der Waals surface area contributed by atoms with Gasteiger partial charge in [-0.15, -0.1) is 0 Å². The van der Waals surface area contributed by atoms with Gasteiger partial charge in [0.2, 0.25) is 5.91 Å². The van der Waals surface area contributed by atoms with Crippen molar-refractivity contribution in [2.75, 3.05) is 11.9 Å². The molecule has 1 aliphatic heterocycles. The van der Waals surface area contributed by atoms with E-state index in [1.165, 1.54) is 11.1 Å². The molecule has 1 amide bonds. The average molecular weight is 349 g/mol. The number of hydrogen-bond donors (Lipinski definition) is 1. The third-order valence-corrected chi connectivity index (χ3v) is 4.82. The Morgan fingerprint density at radius 3 is 2.65 bits per heavy atom. The first kappa shape index (κ1) is 16.3. The number of fused-ring (bicyclic) bond motifs is 1. The molecule has 1 unspecified atom stereocenters. The van der Waals surface area contributed by atoms with Gasteiger partial charge in [0.25, 0.3) is 0 Å². The molecule has 120 valence electrons. The van der Waals surface area contributed by atoms with Crippen LogP contribution in [0.15, 0.2) is 42.5 Å². The lowest BCUT2D eigenvalue weighted by molar-refractivity contribution is -0.121. The van der Waals surface area contributed by atoms with E-state index in [9.17, 15) is 4.79 Å². The van der Waals surface area contributed by atoms with Crippen LogP contribution in [0.4, 0.5) is 5.69 Å². The predicted molar refractivity (Wildman–Crippen MR) is 95.1 cm³/mol. The average Bonchev–Trinajstić information content (AvgIpc) is 2.56. The minimum atomic E-state index is -0.227. The molecule has 5 heteroatoms. The standard InChI is InChI=1S/C18H18Cl2N2O/c1-12(18(23)21-17-7-6-15(19)10-16(17)20)22-9-8-13-4-2-3-5-14(13)11-22/h2-7,10,12H,8-9,11H2,1H3,(H,21,23). The van der Waals surface area contributed by atoms with Crippen molar-refractivity contribution in [3.63, 3.8) is 0 Å². The maximum atomic E-state index is 12.5. The van der Waals surface area contributed by atoms with E-state index in [4.69, 9.17) is 23.2 Å². The maximum Gasteiger partial charge on any atom is 0.241 e. The Morgan fingerprint density at radius 2 is 1.91 bits per heavy atom. The number of hydrogen-bond acceptors (Lipinski definition) is 2.